The molecule has 2 N–H and O–H groups in total. The lowest BCUT2D eigenvalue weighted by Gasteiger charge is -2.07. The van der Waals surface area contributed by atoms with Crippen molar-refractivity contribution in [1.82, 2.24) is 15.3 Å². The van der Waals surface area contributed by atoms with Gasteiger partial charge in [0.1, 0.15) is 0 Å². The Balaban J connectivity index is 1.57. The third-order valence-corrected chi connectivity index (χ3v) is 4.96. The maximum Gasteiger partial charge on any atom is 0.253 e. The number of thiazole rings is 1. The Hall–Kier alpha value is -2.47. The summed E-state index contributed by atoms with van der Waals surface area (Å²) in [6.45, 7) is 3.97. The summed E-state index contributed by atoms with van der Waals surface area (Å²) in [6.07, 6.45) is 0.969. The van der Waals surface area contributed by atoms with Gasteiger partial charge in [-0.15, -0.1) is 11.3 Å². The highest BCUT2D eigenvalue weighted by atomic mass is 32.1. The Morgan fingerprint density at radius 1 is 1.29 bits per heavy atom. The normalized spacial score (nSPS) is 10.9. The summed E-state index contributed by atoms with van der Waals surface area (Å²) in [4.78, 5) is 31.3. The first-order chi connectivity index (χ1) is 11.5. The van der Waals surface area contributed by atoms with Crippen LogP contribution in [-0.2, 0) is 17.8 Å². The number of aryl methyl sites for hydroxylation is 3. The molecule has 1 amide bonds. The number of carbonyl (C=O) groups excluding carboxylic acids is 1. The van der Waals surface area contributed by atoms with Crippen molar-refractivity contribution < 1.29 is 4.79 Å². The fourth-order valence-electron chi connectivity index (χ4n) is 2.62. The Morgan fingerprint density at radius 3 is 2.83 bits per heavy atom. The lowest BCUT2D eigenvalue weighted by molar-refractivity contribution is -0.121. The van der Waals surface area contributed by atoms with Crippen LogP contribution in [0.3, 0.4) is 0 Å². The summed E-state index contributed by atoms with van der Waals surface area (Å²) in [5, 5.41) is 3.78. The van der Waals surface area contributed by atoms with Gasteiger partial charge in [0.05, 0.1) is 15.2 Å². The minimum Gasteiger partial charge on any atom is -0.352 e. The van der Waals surface area contributed by atoms with Gasteiger partial charge in [-0.25, -0.2) is 4.98 Å². The molecule has 1 aromatic carbocycles. The summed E-state index contributed by atoms with van der Waals surface area (Å²) < 4.78 is 1.13. The Bertz CT molecular complexity index is 910. The topological polar surface area (TPSA) is 74.8 Å². The van der Waals surface area contributed by atoms with Gasteiger partial charge in [-0.1, -0.05) is 12.1 Å². The number of carbonyl (C=O) groups is 1. The number of H-pyrrole nitrogens is 1. The van der Waals surface area contributed by atoms with Crippen molar-refractivity contribution in [1.29, 1.82) is 0 Å². The van der Waals surface area contributed by atoms with Crippen molar-refractivity contribution >= 4 is 27.5 Å². The van der Waals surface area contributed by atoms with E-state index in [9.17, 15) is 9.59 Å². The van der Waals surface area contributed by atoms with E-state index in [1.165, 1.54) is 0 Å². The molecule has 3 aromatic rings. The molecule has 2 heterocycles. The number of benzene rings is 1. The van der Waals surface area contributed by atoms with Crippen molar-refractivity contribution in [3.8, 4) is 0 Å². The number of aromatic nitrogens is 2. The molecule has 0 saturated carbocycles. The van der Waals surface area contributed by atoms with Gasteiger partial charge >= 0.3 is 0 Å². The monoisotopic (exact) mass is 341 g/mol. The molecule has 0 aliphatic heterocycles. The van der Waals surface area contributed by atoms with Gasteiger partial charge < -0.3 is 10.3 Å². The number of nitrogens with zero attached hydrogens (tertiary/aromatic N) is 1. The van der Waals surface area contributed by atoms with E-state index < -0.39 is 0 Å². The lowest BCUT2D eigenvalue weighted by atomic mass is 10.1. The molecule has 0 atom stereocenters. The van der Waals surface area contributed by atoms with E-state index in [-0.39, 0.29) is 18.0 Å². The molecule has 3 rings (SSSR count). The Labute approximate surface area is 143 Å². The fourth-order valence-corrected chi connectivity index (χ4v) is 3.59. The summed E-state index contributed by atoms with van der Waals surface area (Å²) in [5.74, 6) is -0.0753. The molecule has 0 unspecified atom stereocenters. The molecule has 2 aromatic heterocycles. The van der Waals surface area contributed by atoms with Crippen LogP contribution < -0.4 is 10.9 Å². The van der Waals surface area contributed by atoms with Crippen LogP contribution in [0.4, 0.5) is 0 Å². The number of hydrogen-bond acceptors (Lipinski definition) is 4. The zero-order chi connectivity index (χ0) is 17.1. The molecule has 0 radical (unpaired) electrons. The standard InChI is InChI=1S/C18H19N3O2S/c1-11-9-12(2)20-18(23)13(11)10-19-16(22)7-8-17-21-14-5-3-4-6-15(14)24-17/h3-6,9H,7-8,10H2,1-2H3,(H,19,22)(H,20,23). The summed E-state index contributed by atoms with van der Waals surface area (Å²) in [7, 11) is 0. The molecule has 0 aliphatic carbocycles. The average molecular weight is 341 g/mol. The first kappa shape index (κ1) is 16.4. The van der Waals surface area contributed by atoms with Gasteiger partial charge in [-0.05, 0) is 37.6 Å². The quantitative estimate of drug-likeness (QED) is 0.749. The van der Waals surface area contributed by atoms with Crippen molar-refractivity contribution in [2.24, 2.45) is 0 Å². The van der Waals surface area contributed by atoms with Crippen molar-refractivity contribution in [2.45, 2.75) is 33.2 Å². The smallest absolute Gasteiger partial charge is 0.253 e. The van der Waals surface area contributed by atoms with E-state index in [1.54, 1.807) is 11.3 Å². The third-order valence-electron chi connectivity index (χ3n) is 3.86. The van der Waals surface area contributed by atoms with Gasteiger partial charge in [-0.2, -0.15) is 0 Å². The molecule has 5 nitrogen and oxygen atoms in total. The van der Waals surface area contributed by atoms with Crippen molar-refractivity contribution in [3.05, 3.63) is 62.5 Å². The molecule has 24 heavy (non-hydrogen) atoms. The molecule has 0 bridgehead atoms. The van der Waals surface area contributed by atoms with Crippen LogP contribution in [0.5, 0.6) is 0 Å². The highest BCUT2D eigenvalue weighted by Gasteiger charge is 2.09. The largest absolute Gasteiger partial charge is 0.352 e. The minimum absolute atomic E-state index is 0.0753. The van der Waals surface area contributed by atoms with Crippen LogP contribution in [-0.4, -0.2) is 15.9 Å². The number of hydrogen-bond donors (Lipinski definition) is 2. The summed E-state index contributed by atoms with van der Waals surface area (Å²) in [6, 6.07) is 9.85. The van der Waals surface area contributed by atoms with Crippen LogP contribution >= 0.6 is 11.3 Å². The number of para-hydroxylation sites is 1. The van der Waals surface area contributed by atoms with E-state index in [0.29, 0.717) is 18.4 Å². The van der Waals surface area contributed by atoms with Gasteiger partial charge in [0.15, 0.2) is 0 Å². The highest BCUT2D eigenvalue weighted by molar-refractivity contribution is 7.18. The zero-order valence-corrected chi connectivity index (χ0v) is 14.5. The number of fused-ring (bicyclic) bond motifs is 1. The number of aromatic amines is 1. The minimum atomic E-state index is -0.140. The fraction of sp³-hybridized carbons (Fsp3) is 0.278. The number of rotatable bonds is 5. The average Bonchev–Trinajstić information content (AvgIpc) is 2.94. The molecule has 0 aliphatic rings. The van der Waals surface area contributed by atoms with Crippen molar-refractivity contribution in [2.75, 3.05) is 0 Å². The van der Waals surface area contributed by atoms with E-state index in [0.717, 1.165) is 26.5 Å². The molecular formula is C18H19N3O2S. The highest BCUT2D eigenvalue weighted by Crippen LogP contribution is 2.22. The molecule has 0 fully saturated rings. The molecular weight excluding hydrogens is 322 g/mol. The van der Waals surface area contributed by atoms with Crippen LogP contribution in [0.25, 0.3) is 10.2 Å². The predicted molar refractivity (Wildman–Crippen MR) is 96.3 cm³/mol. The second-order valence-corrected chi connectivity index (χ2v) is 6.91. The molecule has 124 valence electrons. The third kappa shape index (κ3) is 3.71. The maximum atomic E-state index is 12.0. The molecule has 0 spiro atoms. The van der Waals surface area contributed by atoms with Crippen LogP contribution in [0, 0.1) is 13.8 Å². The molecule has 6 heteroatoms. The van der Waals surface area contributed by atoms with Gasteiger partial charge in [-0.3, -0.25) is 9.59 Å². The summed E-state index contributed by atoms with van der Waals surface area (Å²) >= 11 is 1.61. The second kappa shape index (κ2) is 6.97. The van der Waals surface area contributed by atoms with E-state index in [4.69, 9.17) is 0 Å². The summed E-state index contributed by atoms with van der Waals surface area (Å²) in [5.41, 5.74) is 3.15. The second-order valence-electron chi connectivity index (χ2n) is 5.80. The lowest BCUT2D eigenvalue weighted by Crippen LogP contribution is -2.28. The van der Waals surface area contributed by atoms with Gasteiger partial charge in [0.2, 0.25) is 5.91 Å². The Kier molecular flexibility index (Phi) is 4.76. The SMILES string of the molecule is Cc1cc(C)c(CNC(=O)CCc2nc3ccccc3s2)c(=O)[nH]1. The predicted octanol–water partition coefficient (Wildman–Crippen LogP) is 2.85. The van der Waals surface area contributed by atoms with Crippen LogP contribution in [0.2, 0.25) is 0 Å². The van der Waals surface area contributed by atoms with Gasteiger partial charge in [0.25, 0.3) is 5.56 Å². The Morgan fingerprint density at radius 2 is 2.08 bits per heavy atom. The van der Waals surface area contributed by atoms with E-state index in [1.807, 2.05) is 44.2 Å². The first-order valence-electron chi connectivity index (χ1n) is 7.83. The van der Waals surface area contributed by atoms with E-state index >= 15 is 0 Å². The first-order valence-corrected chi connectivity index (χ1v) is 8.65. The van der Waals surface area contributed by atoms with Crippen LogP contribution in [0.15, 0.2) is 35.1 Å². The molecule has 0 saturated heterocycles. The van der Waals surface area contributed by atoms with Crippen LogP contribution in [0.1, 0.15) is 28.2 Å². The number of nitrogens with one attached hydrogen (secondary N) is 2. The maximum absolute atomic E-state index is 12.0. The zero-order valence-electron chi connectivity index (χ0n) is 13.7. The number of pyridine rings is 1. The number of amides is 1. The van der Waals surface area contributed by atoms with Gasteiger partial charge in [0, 0.05) is 30.6 Å². The van der Waals surface area contributed by atoms with E-state index in [2.05, 4.69) is 15.3 Å². The van der Waals surface area contributed by atoms with Crippen molar-refractivity contribution in [3.63, 3.8) is 0 Å².